The number of aromatic nitrogens is 1. The maximum Gasteiger partial charge on any atom is 0.326 e. The number of hydrogen-bond donors (Lipinski definition) is 2. The van der Waals surface area contributed by atoms with Gasteiger partial charge in [-0.05, 0) is 35.7 Å². The Hall–Kier alpha value is -4.70. The number of fused-ring (bicyclic) bond motifs is 1. The molecule has 168 valence electrons. The van der Waals surface area contributed by atoms with Crippen LogP contribution in [0.4, 0.5) is 11.4 Å². The quantitative estimate of drug-likeness (QED) is 0.464. The summed E-state index contributed by atoms with van der Waals surface area (Å²) >= 11 is 0. The number of benzene rings is 3. The normalized spacial score (nSPS) is 13.9. The average molecular weight is 450 g/mol. The van der Waals surface area contributed by atoms with Crippen molar-refractivity contribution < 1.29 is 9.47 Å². The minimum Gasteiger partial charge on any atom is -0.435 e. The maximum atomic E-state index is 13.2. The molecule has 0 amide bonds. The van der Waals surface area contributed by atoms with Crippen LogP contribution in [0.25, 0.3) is 11.1 Å². The van der Waals surface area contributed by atoms with Gasteiger partial charge in [0.25, 0.3) is 5.56 Å². The van der Waals surface area contributed by atoms with Crippen LogP contribution in [0.1, 0.15) is 16.7 Å². The minimum absolute atomic E-state index is 0.00524. The first-order valence-electron chi connectivity index (χ1n) is 10.8. The second-order valence-corrected chi connectivity index (χ2v) is 7.99. The van der Waals surface area contributed by atoms with E-state index in [-0.39, 0.29) is 23.7 Å². The zero-order valence-electron chi connectivity index (χ0n) is 18.5. The van der Waals surface area contributed by atoms with Gasteiger partial charge in [0, 0.05) is 5.56 Å². The standard InChI is InChI=1S/C27H22N4O3/c1-17-21(15-28)25(32)31(16-18-11-13-20(14-12-18)19-7-3-2-4-8-19)26(24(17)29)34-27-30-22-9-5-6-10-23(22)33-27/h2-14,27,30H,16,29H2,1H3/t27-/m1/s1. The van der Waals surface area contributed by atoms with Crippen molar-refractivity contribution in [1.82, 2.24) is 4.57 Å². The molecule has 0 aliphatic carbocycles. The van der Waals surface area contributed by atoms with Gasteiger partial charge in [0.15, 0.2) is 0 Å². The van der Waals surface area contributed by atoms with Gasteiger partial charge in [0.2, 0.25) is 5.88 Å². The number of pyridine rings is 1. The molecular formula is C27H22N4O3. The van der Waals surface area contributed by atoms with Gasteiger partial charge < -0.3 is 20.5 Å². The number of nitrogens with two attached hydrogens (primary N) is 1. The average Bonchev–Trinajstić information content (AvgIpc) is 3.29. The number of rotatable bonds is 5. The summed E-state index contributed by atoms with van der Waals surface area (Å²) < 4.78 is 13.2. The molecule has 0 spiro atoms. The molecular weight excluding hydrogens is 428 g/mol. The predicted octanol–water partition coefficient (Wildman–Crippen LogP) is 4.49. The van der Waals surface area contributed by atoms with E-state index in [1.807, 2.05) is 84.9 Å². The predicted molar refractivity (Wildman–Crippen MR) is 131 cm³/mol. The Morgan fingerprint density at radius 2 is 1.71 bits per heavy atom. The van der Waals surface area contributed by atoms with E-state index >= 15 is 0 Å². The van der Waals surface area contributed by atoms with E-state index in [1.54, 1.807) is 6.92 Å². The Balaban J connectivity index is 1.49. The van der Waals surface area contributed by atoms with Gasteiger partial charge >= 0.3 is 6.41 Å². The van der Waals surface area contributed by atoms with Crippen molar-refractivity contribution in [2.75, 3.05) is 11.1 Å². The van der Waals surface area contributed by atoms with E-state index in [0.717, 1.165) is 22.4 Å². The zero-order chi connectivity index (χ0) is 23.7. The Morgan fingerprint density at radius 1 is 1.03 bits per heavy atom. The lowest BCUT2D eigenvalue weighted by Crippen LogP contribution is -2.33. The summed E-state index contributed by atoms with van der Waals surface area (Å²) in [5, 5.41) is 12.7. The van der Waals surface area contributed by atoms with Crippen LogP contribution in [-0.2, 0) is 6.54 Å². The summed E-state index contributed by atoms with van der Waals surface area (Å²) in [7, 11) is 0. The molecule has 0 bridgehead atoms. The summed E-state index contributed by atoms with van der Waals surface area (Å²) in [4.78, 5) is 13.2. The molecule has 3 aromatic carbocycles. The van der Waals surface area contributed by atoms with Crippen LogP contribution in [0, 0.1) is 18.3 Å². The molecule has 5 rings (SSSR count). The fourth-order valence-corrected chi connectivity index (χ4v) is 3.96. The molecule has 0 saturated carbocycles. The summed E-state index contributed by atoms with van der Waals surface area (Å²) in [6, 6.07) is 27.3. The van der Waals surface area contributed by atoms with Crippen LogP contribution in [0.15, 0.2) is 83.7 Å². The summed E-state index contributed by atoms with van der Waals surface area (Å²) in [5.74, 6) is 0.792. The topological polar surface area (TPSA) is 102 Å². The Kier molecular flexibility index (Phi) is 5.40. The number of nitrogen functional groups attached to an aromatic ring is 1. The molecule has 1 aliphatic heterocycles. The van der Waals surface area contributed by atoms with Crippen LogP contribution >= 0.6 is 0 Å². The largest absolute Gasteiger partial charge is 0.435 e. The molecule has 0 unspecified atom stereocenters. The van der Waals surface area contributed by atoms with E-state index in [0.29, 0.717) is 11.3 Å². The molecule has 4 aromatic rings. The first-order chi connectivity index (χ1) is 16.5. The maximum absolute atomic E-state index is 13.2. The van der Waals surface area contributed by atoms with Gasteiger partial charge in [-0.15, -0.1) is 0 Å². The van der Waals surface area contributed by atoms with Gasteiger partial charge in [-0.2, -0.15) is 5.26 Å². The molecule has 34 heavy (non-hydrogen) atoms. The number of nitrogens with one attached hydrogen (secondary N) is 1. The summed E-state index contributed by atoms with van der Waals surface area (Å²) in [6.45, 7) is 1.82. The van der Waals surface area contributed by atoms with E-state index in [2.05, 4.69) is 5.32 Å². The molecule has 1 aliphatic rings. The summed E-state index contributed by atoms with van der Waals surface area (Å²) in [6.07, 6.45) is -0.863. The zero-order valence-corrected chi connectivity index (χ0v) is 18.5. The Bertz CT molecular complexity index is 1430. The lowest BCUT2D eigenvalue weighted by atomic mass is 10.0. The number of nitriles is 1. The van der Waals surface area contributed by atoms with Crippen LogP contribution in [0.2, 0.25) is 0 Å². The van der Waals surface area contributed by atoms with Crippen molar-refractivity contribution in [2.24, 2.45) is 0 Å². The highest BCUT2D eigenvalue weighted by molar-refractivity contribution is 5.64. The van der Waals surface area contributed by atoms with E-state index in [9.17, 15) is 10.1 Å². The van der Waals surface area contributed by atoms with Crippen LogP contribution in [-0.4, -0.2) is 11.0 Å². The number of anilines is 2. The number of ether oxygens (including phenoxy) is 2. The van der Waals surface area contributed by atoms with Gasteiger partial charge in [-0.3, -0.25) is 9.36 Å². The lowest BCUT2D eigenvalue weighted by Gasteiger charge is -2.21. The van der Waals surface area contributed by atoms with Crippen molar-refractivity contribution in [3.8, 4) is 28.8 Å². The SMILES string of the molecule is Cc1c(N)c(O[C@@H]2Nc3ccccc3O2)n(Cc2ccc(-c3ccccc3)cc2)c(=O)c1C#N. The van der Waals surface area contributed by atoms with E-state index in [4.69, 9.17) is 15.2 Å². The molecule has 0 radical (unpaired) electrons. The smallest absolute Gasteiger partial charge is 0.326 e. The molecule has 7 heteroatoms. The second-order valence-electron chi connectivity index (χ2n) is 7.99. The number of hydrogen-bond acceptors (Lipinski definition) is 6. The van der Waals surface area contributed by atoms with Gasteiger partial charge in [-0.25, -0.2) is 0 Å². The van der Waals surface area contributed by atoms with Crippen molar-refractivity contribution in [1.29, 1.82) is 5.26 Å². The number of nitrogens with zero attached hydrogens (tertiary/aromatic N) is 2. The Labute approximate surface area is 196 Å². The third-order valence-corrected chi connectivity index (χ3v) is 5.84. The van der Waals surface area contributed by atoms with E-state index in [1.165, 1.54) is 4.57 Å². The first kappa shape index (κ1) is 21.2. The van der Waals surface area contributed by atoms with Crippen LogP contribution in [0.5, 0.6) is 11.6 Å². The molecule has 0 saturated heterocycles. The molecule has 1 atom stereocenters. The van der Waals surface area contributed by atoms with E-state index < -0.39 is 12.0 Å². The second kappa shape index (κ2) is 8.68. The highest BCUT2D eigenvalue weighted by Gasteiger charge is 2.27. The molecule has 3 N–H and O–H groups in total. The fraction of sp³-hybridized carbons (Fsp3) is 0.111. The Morgan fingerprint density at radius 3 is 2.41 bits per heavy atom. The van der Waals surface area contributed by atoms with Gasteiger partial charge in [0.1, 0.15) is 17.4 Å². The van der Waals surface area contributed by atoms with Crippen LogP contribution < -0.4 is 26.1 Å². The molecule has 7 nitrogen and oxygen atoms in total. The van der Waals surface area contributed by atoms with Crippen molar-refractivity contribution >= 4 is 11.4 Å². The lowest BCUT2D eigenvalue weighted by molar-refractivity contribution is 0.0368. The highest BCUT2D eigenvalue weighted by atomic mass is 16.7. The summed E-state index contributed by atoms with van der Waals surface area (Å²) in [5.41, 5.74) is 10.3. The van der Waals surface area contributed by atoms with Gasteiger partial charge in [-0.1, -0.05) is 66.7 Å². The third-order valence-electron chi connectivity index (χ3n) is 5.84. The molecule has 2 heterocycles. The van der Waals surface area contributed by atoms with Crippen molar-refractivity contribution in [3.63, 3.8) is 0 Å². The minimum atomic E-state index is -0.863. The molecule has 0 fully saturated rings. The monoisotopic (exact) mass is 450 g/mol. The van der Waals surface area contributed by atoms with Gasteiger partial charge in [0.05, 0.1) is 17.9 Å². The van der Waals surface area contributed by atoms with Crippen molar-refractivity contribution in [2.45, 2.75) is 19.9 Å². The highest BCUT2D eigenvalue weighted by Crippen LogP contribution is 2.34. The van der Waals surface area contributed by atoms with Crippen molar-refractivity contribution in [3.05, 3.63) is 106 Å². The van der Waals surface area contributed by atoms with Crippen LogP contribution in [0.3, 0.4) is 0 Å². The first-order valence-corrected chi connectivity index (χ1v) is 10.8. The molecule has 1 aromatic heterocycles. The fourth-order valence-electron chi connectivity index (χ4n) is 3.96. The number of para-hydroxylation sites is 2. The third kappa shape index (κ3) is 3.82.